The number of carbonyl (C=O) groups excluding carboxylic acids is 1. The van der Waals surface area contributed by atoms with Crippen LogP contribution in [0.4, 0.5) is 0 Å². The van der Waals surface area contributed by atoms with E-state index in [0.717, 1.165) is 38.5 Å². The van der Waals surface area contributed by atoms with E-state index in [1.807, 2.05) is 27.2 Å². The molecular weight excluding hydrogens is 659 g/mol. The number of likely N-dealkylation sites (N-methyl/N-ethyl adjacent to an activating group) is 1. The third-order valence-electron chi connectivity index (χ3n) is 9.41. The highest BCUT2D eigenvalue weighted by molar-refractivity contribution is 7.45. The Morgan fingerprint density at radius 3 is 1.59 bits per heavy atom. The first kappa shape index (κ1) is 50.0. The van der Waals surface area contributed by atoms with Crippen molar-refractivity contribution in [3.05, 3.63) is 24.3 Å². The maximum atomic E-state index is 12.8. The number of nitrogens with zero attached hydrogens (tertiary/aromatic N) is 1. The molecule has 3 atom stereocenters. The van der Waals surface area contributed by atoms with Gasteiger partial charge < -0.3 is 28.8 Å². The molecule has 1 amide bonds. The van der Waals surface area contributed by atoms with Gasteiger partial charge in [0.2, 0.25) is 5.91 Å². The largest absolute Gasteiger partial charge is 0.756 e. The van der Waals surface area contributed by atoms with Crippen LogP contribution in [0.3, 0.4) is 0 Å². The second kappa shape index (κ2) is 34.7. The first-order valence-corrected chi connectivity index (χ1v) is 22.7. The Kier molecular flexibility index (Phi) is 34.0. The van der Waals surface area contributed by atoms with E-state index in [-0.39, 0.29) is 19.1 Å². The molecule has 0 heterocycles. The molecule has 0 fully saturated rings. The summed E-state index contributed by atoms with van der Waals surface area (Å²) in [6.45, 7) is 4.57. The van der Waals surface area contributed by atoms with Gasteiger partial charge in [0.15, 0.2) is 0 Å². The van der Waals surface area contributed by atoms with Crippen molar-refractivity contribution in [1.82, 2.24) is 5.32 Å². The number of carbonyl (C=O) groups is 1. The lowest BCUT2D eigenvalue weighted by Gasteiger charge is -2.29. The van der Waals surface area contributed by atoms with E-state index in [1.54, 1.807) is 6.08 Å². The van der Waals surface area contributed by atoms with E-state index >= 15 is 0 Å². The van der Waals surface area contributed by atoms with Crippen LogP contribution in [-0.2, 0) is 18.4 Å². The summed E-state index contributed by atoms with van der Waals surface area (Å²) < 4.78 is 23.1. The van der Waals surface area contributed by atoms with Gasteiger partial charge in [0.05, 0.1) is 39.9 Å². The number of rotatable bonds is 38. The number of amides is 1. The molecule has 2 N–H and O–H groups in total. The fraction of sp³-hybridized carbons (Fsp3) is 0.881. The van der Waals surface area contributed by atoms with Crippen molar-refractivity contribution in [3.8, 4) is 0 Å². The minimum atomic E-state index is -4.58. The molecule has 0 bridgehead atoms. The average Bonchev–Trinajstić information content (AvgIpc) is 3.07. The zero-order valence-corrected chi connectivity index (χ0v) is 35.0. The van der Waals surface area contributed by atoms with Gasteiger partial charge in [0, 0.05) is 6.42 Å². The van der Waals surface area contributed by atoms with E-state index in [4.69, 9.17) is 9.05 Å². The lowest BCUT2D eigenvalue weighted by atomic mass is 10.0. The predicted octanol–water partition coefficient (Wildman–Crippen LogP) is 10.7. The minimum absolute atomic E-state index is 0.00480. The summed E-state index contributed by atoms with van der Waals surface area (Å²) >= 11 is 0. The van der Waals surface area contributed by atoms with Crippen molar-refractivity contribution >= 4 is 13.7 Å². The Hall–Kier alpha value is -1.02. The molecule has 0 saturated carbocycles. The van der Waals surface area contributed by atoms with Gasteiger partial charge in [-0.1, -0.05) is 173 Å². The van der Waals surface area contributed by atoms with Gasteiger partial charge in [-0.15, -0.1) is 0 Å². The minimum Gasteiger partial charge on any atom is -0.756 e. The Morgan fingerprint density at radius 1 is 0.667 bits per heavy atom. The molecule has 0 aliphatic carbocycles. The molecule has 0 aliphatic heterocycles. The summed E-state index contributed by atoms with van der Waals surface area (Å²) in [6.07, 6.45) is 39.5. The Balaban J connectivity index is 4.28. The van der Waals surface area contributed by atoms with Gasteiger partial charge in [-0.3, -0.25) is 9.36 Å². The standard InChI is InChI=1S/C42H83N2O6P/c1-6-8-10-12-14-16-17-18-19-20-21-22-23-24-25-26-28-30-32-34-36-42(46)43-40(39-50-51(47,48)49-38-37-44(3,4)5)41(45)35-33-31-29-27-15-13-11-9-7-2/h15,27,33,35,40-41,45H,6-14,16-26,28-32,34,36-39H2,1-5H3,(H-,43,46,47,48)/b27-15+,35-33+/t40-,41+/m0/s1. The fourth-order valence-corrected chi connectivity index (χ4v) is 6.71. The van der Waals surface area contributed by atoms with E-state index in [9.17, 15) is 19.4 Å². The van der Waals surface area contributed by atoms with Crippen molar-refractivity contribution in [3.63, 3.8) is 0 Å². The lowest BCUT2D eigenvalue weighted by molar-refractivity contribution is -0.870. The molecular formula is C42H83N2O6P. The number of aliphatic hydroxyl groups excluding tert-OH is 1. The number of nitrogens with one attached hydrogen (secondary N) is 1. The first-order chi connectivity index (χ1) is 24.5. The Labute approximate surface area is 315 Å². The normalized spacial score (nSPS) is 14.7. The Bertz CT molecular complexity index is 891. The van der Waals surface area contributed by atoms with Crippen LogP contribution in [0.2, 0.25) is 0 Å². The number of unbranched alkanes of at least 4 members (excludes halogenated alkanes) is 23. The Morgan fingerprint density at radius 2 is 1.10 bits per heavy atom. The number of hydrogen-bond donors (Lipinski definition) is 2. The molecule has 0 spiro atoms. The van der Waals surface area contributed by atoms with Crippen LogP contribution in [0.25, 0.3) is 0 Å². The molecule has 0 aromatic rings. The zero-order valence-electron chi connectivity index (χ0n) is 34.1. The quantitative estimate of drug-likeness (QED) is 0.0282. The number of quaternary nitrogens is 1. The van der Waals surface area contributed by atoms with Crippen LogP contribution < -0.4 is 10.2 Å². The van der Waals surface area contributed by atoms with E-state index in [2.05, 4.69) is 31.3 Å². The zero-order chi connectivity index (χ0) is 37.9. The van der Waals surface area contributed by atoms with Crippen molar-refractivity contribution < 1.29 is 32.9 Å². The molecule has 0 rings (SSSR count). The van der Waals surface area contributed by atoms with Crippen LogP contribution in [0.5, 0.6) is 0 Å². The van der Waals surface area contributed by atoms with Crippen molar-refractivity contribution in [2.24, 2.45) is 0 Å². The number of hydrogen-bond acceptors (Lipinski definition) is 6. The molecule has 0 radical (unpaired) electrons. The highest BCUT2D eigenvalue weighted by Crippen LogP contribution is 2.38. The fourth-order valence-electron chi connectivity index (χ4n) is 5.99. The number of phosphoric acid groups is 1. The van der Waals surface area contributed by atoms with E-state index < -0.39 is 20.0 Å². The summed E-state index contributed by atoms with van der Waals surface area (Å²) in [6, 6.07) is -0.896. The smallest absolute Gasteiger partial charge is 0.268 e. The van der Waals surface area contributed by atoms with Crippen LogP contribution in [0.15, 0.2) is 24.3 Å². The van der Waals surface area contributed by atoms with E-state index in [0.29, 0.717) is 17.4 Å². The predicted molar refractivity (Wildman–Crippen MR) is 215 cm³/mol. The maximum Gasteiger partial charge on any atom is 0.268 e. The first-order valence-electron chi connectivity index (χ1n) is 21.2. The SMILES string of the molecule is CCCCC/C=C/CC/C=C/[C@@H](O)[C@H](COP(=O)([O-])OCC[N+](C)(C)C)NC(=O)CCCCCCCCCCCCCCCCCCCCCC. The van der Waals surface area contributed by atoms with Gasteiger partial charge in [-0.25, -0.2) is 0 Å². The molecule has 0 aromatic carbocycles. The summed E-state index contributed by atoms with van der Waals surface area (Å²) in [4.78, 5) is 25.2. The van der Waals surface area contributed by atoms with Gasteiger partial charge in [-0.05, 0) is 32.1 Å². The molecule has 302 valence electrons. The topological polar surface area (TPSA) is 108 Å². The summed E-state index contributed by atoms with van der Waals surface area (Å²) in [5.74, 6) is -0.208. The molecule has 0 aliphatic rings. The van der Waals surface area contributed by atoms with Gasteiger partial charge >= 0.3 is 0 Å². The highest BCUT2D eigenvalue weighted by atomic mass is 31.2. The summed E-state index contributed by atoms with van der Waals surface area (Å²) in [5, 5.41) is 13.7. The molecule has 0 aromatic heterocycles. The monoisotopic (exact) mass is 743 g/mol. The molecule has 1 unspecified atom stereocenters. The number of aliphatic hydroxyl groups is 1. The van der Waals surface area contributed by atoms with Crippen molar-refractivity contribution in [2.45, 2.75) is 199 Å². The summed E-state index contributed by atoms with van der Waals surface area (Å²) in [5.41, 5.74) is 0. The second-order valence-corrected chi connectivity index (χ2v) is 17.1. The van der Waals surface area contributed by atoms with Crippen LogP contribution >= 0.6 is 7.82 Å². The van der Waals surface area contributed by atoms with Gasteiger partial charge in [0.25, 0.3) is 7.82 Å². The molecule has 51 heavy (non-hydrogen) atoms. The third-order valence-corrected chi connectivity index (χ3v) is 10.4. The van der Waals surface area contributed by atoms with Crippen LogP contribution in [-0.4, -0.2) is 68.5 Å². The number of phosphoric ester groups is 1. The molecule has 0 saturated heterocycles. The van der Waals surface area contributed by atoms with Crippen molar-refractivity contribution in [1.29, 1.82) is 0 Å². The van der Waals surface area contributed by atoms with Gasteiger partial charge in [0.1, 0.15) is 13.2 Å². The molecule has 9 heteroatoms. The van der Waals surface area contributed by atoms with Gasteiger partial charge in [-0.2, -0.15) is 0 Å². The molecule has 8 nitrogen and oxygen atoms in total. The average molecular weight is 743 g/mol. The van der Waals surface area contributed by atoms with E-state index in [1.165, 1.54) is 128 Å². The number of allylic oxidation sites excluding steroid dienone is 3. The van der Waals surface area contributed by atoms with Crippen molar-refractivity contribution in [2.75, 3.05) is 40.9 Å². The van der Waals surface area contributed by atoms with Crippen LogP contribution in [0, 0.1) is 0 Å². The highest BCUT2D eigenvalue weighted by Gasteiger charge is 2.23. The van der Waals surface area contributed by atoms with Crippen LogP contribution in [0.1, 0.15) is 187 Å². The second-order valence-electron chi connectivity index (χ2n) is 15.7. The maximum absolute atomic E-state index is 12.8. The lowest BCUT2D eigenvalue weighted by Crippen LogP contribution is -2.45. The summed E-state index contributed by atoms with van der Waals surface area (Å²) in [7, 11) is 1.25. The third kappa shape index (κ3) is 37.1.